The molecule has 0 atom stereocenters. The normalized spacial score (nSPS) is 14.9. The van der Waals surface area contributed by atoms with Crippen molar-refractivity contribution in [2.75, 3.05) is 6.54 Å². The first kappa shape index (κ1) is 15.5. The number of carbonyl (C=O) groups is 1. The number of alkyl halides is 3. The molecule has 2 aromatic rings. The van der Waals surface area contributed by atoms with Gasteiger partial charge in [-0.1, -0.05) is 0 Å². The lowest BCUT2D eigenvalue weighted by molar-refractivity contribution is -0.148. The molecule has 0 saturated carbocycles. The zero-order chi connectivity index (χ0) is 16.6. The molecule has 10 heteroatoms. The van der Waals surface area contributed by atoms with Gasteiger partial charge < -0.3 is 9.47 Å². The molecule has 3 heterocycles. The first-order chi connectivity index (χ1) is 10.8. The number of amides is 1. The minimum Gasteiger partial charge on any atom is -0.333 e. The summed E-state index contributed by atoms with van der Waals surface area (Å²) in [5, 5.41) is 10.8. The van der Waals surface area contributed by atoms with Crippen LogP contribution in [0.25, 0.3) is 0 Å². The van der Waals surface area contributed by atoms with Crippen LogP contribution in [0.1, 0.15) is 23.6 Å². The summed E-state index contributed by atoms with van der Waals surface area (Å²) in [6.07, 6.45) is -0.765. The van der Waals surface area contributed by atoms with Gasteiger partial charge in [0.2, 0.25) is 11.7 Å². The van der Waals surface area contributed by atoms with E-state index in [0.717, 1.165) is 10.1 Å². The number of fused-ring (bicyclic) bond motifs is 1. The Balaban J connectivity index is 1.63. The lowest BCUT2D eigenvalue weighted by Crippen LogP contribution is -2.39. The van der Waals surface area contributed by atoms with Gasteiger partial charge in [0.05, 0.1) is 12.7 Å². The summed E-state index contributed by atoms with van der Waals surface area (Å²) in [6.45, 7) is 2.64. The molecule has 0 spiro atoms. The maximum absolute atomic E-state index is 12.8. The Morgan fingerprint density at radius 2 is 2.09 bits per heavy atom. The molecule has 0 saturated heterocycles. The van der Waals surface area contributed by atoms with Crippen molar-refractivity contribution in [2.45, 2.75) is 39.2 Å². The smallest absolute Gasteiger partial charge is 0.333 e. The van der Waals surface area contributed by atoms with E-state index in [1.807, 2.05) is 13.1 Å². The Kier molecular flexibility index (Phi) is 3.82. The van der Waals surface area contributed by atoms with Gasteiger partial charge in [0, 0.05) is 32.3 Å². The summed E-state index contributed by atoms with van der Waals surface area (Å²) in [7, 11) is 0. The molecule has 0 aliphatic carbocycles. The highest BCUT2D eigenvalue weighted by Crippen LogP contribution is 2.29. The van der Waals surface area contributed by atoms with Crippen LogP contribution < -0.4 is 0 Å². The lowest BCUT2D eigenvalue weighted by atomic mass is 10.3. The molecular formula is C13H15F3N6O. The Labute approximate surface area is 129 Å². The molecule has 23 heavy (non-hydrogen) atoms. The van der Waals surface area contributed by atoms with Gasteiger partial charge in [0.1, 0.15) is 0 Å². The van der Waals surface area contributed by atoms with Crippen LogP contribution in [0.5, 0.6) is 0 Å². The quantitative estimate of drug-likeness (QED) is 0.850. The number of nitrogens with zero attached hydrogens (tertiary/aromatic N) is 6. The Morgan fingerprint density at radius 1 is 1.30 bits per heavy atom. The number of halogens is 3. The molecule has 0 N–H and O–H groups in total. The molecule has 124 valence electrons. The van der Waals surface area contributed by atoms with Gasteiger partial charge in [-0.25, -0.2) is 0 Å². The molecular weight excluding hydrogens is 313 g/mol. The summed E-state index contributed by atoms with van der Waals surface area (Å²) in [6, 6.07) is 0. The van der Waals surface area contributed by atoms with E-state index < -0.39 is 12.0 Å². The topological polar surface area (TPSA) is 68.8 Å². The largest absolute Gasteiger partial charge is 0.451 e. The molecule has 0 unspecified atom stereocenters. The number of aromatic nitrogens is 5. The van der Waals surface area contributed by atoms with Gasteiger partial charge in [-0.05, 0) is 12.5 Å². The van der Waals surface area contributed by atoms with Crippen LogP contribution in [0.3, 0.4) is 0 Å². The van der Waals surface area contributed by atoms with E-state index in [2.05, 4.69) is 15.3 Å². The van der Waals surface area contributed by atoms with Crippen molar-refractivity contribution in [3.8, 4) is 0 Å². The van der Waals surface area contributed by atoms with E-state index in [-0.39, 0.29) is 37.8 Å². The summed E-state index contributed by atoms with van der Waals surface area (Å²) in [5.41, 5.74) is 1.00. The molecule has 1 aliphatic rings. The predicted molar refractivity (Wildman–Crippen MR) is 72.0 cm³/mol. The number of aryl methyl sites for hydroxylation is 2. The third-order valence-corrected chi connectivity index (χ3v) is 3.68. The van der Waals surface area contributed by atoms with Gasteiger partial charge >= 0.3 is 6.18 Å². The van der Waals surface area contributed by atoms with Crippen LogP contribution in [0, 0.1) is 6.92 Å². The van der Waals surface area contributed by atoms with E-state index >= 15 is 0 Å². The molecule has 7 nitrogen and oxygen atoms in total. The summed E-state index contributed by atoms with van der Waals surface area (Å²) < 4.78 is 41.0. The third kappa shape index (κ3) is 3.20. The molecule has 0 fully saturated rings. The number of hydrogen-bond donors (Lipinski definition) is 0. The van der Waals surface area contributed by atoms with E-state index in [9.17, 15) is 18.0 Å². The van der Waals surface area contributed by atoms with Crippen molar-refractivity contribution in [3.63, 3.8) is 0 Å². The second-order valence-electron chi connectivity index (χ2n) is 5.44. The van der Waals surface area contributed by atoms with Gasteiger partial charge in [-0.2, -0.15) is 18.3 Å². The lowest BCUT2D eigenvalue weighted by Gasteiger charge is -2.28. The first-order valence-corrected chi connectivity index (χ1v) is 7.10. The van der Waals surface area contributed by atoms with E-state index in [0.29, 0.717) is 6.54 Å². The maximum atomic E-state index is 12.8. The van der Waals surface area contributed by atoms with Crippen LogP contribution in [0.15, 0.2) is 12.4 Å². The molecule has 2 aromatic heterocycles. The monoisotopic (exact) mass is 328 g/mol. The molecule has 1 aliphatic heterocycles. The summed E-state index contributed by atoms with van der Waals surface area (Å²) in [5.74, 6) is -0.987. The molecule has 1 amide bonds. The number of carbonyl (C=O) groups excluding carboxylic acids is 1. The van der Waals surface area contributed by atoms with Crippen LogP contribution in [-0.2, 0) is 30.6 Å². The summed E-state index contributed by atoms with van der Waals surface area (Å²) in [4.78, 5) is 13.7. The maximum Gasteiger partial charge on any atom is 0.451 e. The second-order valence-corrected chi connectivity index (χ2v) is 5.44. The highest BCUT2D eigenvalue weighted by molar-refractivity contribution is 5.76. The third-order valence-electron chi connectivity index (χ3n) is 3.68. The fraction of sp³-hybridized carbons (Fsp3) is 0.538. The fourth-order valence-electron chi connectivity index (χ4n) is 2.54. The van der Waals surface area contributed by atoms with Gasteiger partial charge in [0.15, 0.2) is 5.82 Å². The molecule has 0 bridgehead atoms. The average Bonchev–Trinajstić information content (AvgIpc) is 3.09. The Morgan fingerprint density at radius 3 is 2.74 bits per heavy atom. The molecule has 0 aromatic carbocycles. The van der Waals surface area contributed by atoms with Crippen LogP contribution in [0.2, 0.25) is 0 Å². The van der Waals surface area contributed by atoms with Gasteiger partial charge in [-0.3, -0.25) is 9.48 Å². The van der Waals surface area contributed by atoms with Crippen molar-refractivity contribution < 1.29 is 18.0 Å². The van der Waals surface area contributed by atoms with Gasteiger partial charge in [0.25, 0.3) is 0 Å². The SMILES string of the molecule is Cc1cnn(CCC(=O)N2CCn3c(nnc3C(F)(F)F)C2)c1. The van der Waals surface area contributed by atoms with Crippen molar-refractivity contribution >= 4 is 5.91 Å². The van der Waals surface area contributed by atoms with Gasteiger partial charge in [-0.15, -0.1) is 10.2 Å². The number of hydrogen-bond acceptors (Lipinski definition) is 4. The second kappa shape index (κ2) is 5.67. The first-order valence-electron chi connectivity index (χ1n) is 7.10. The molecule has 0 radical (unpaired) electrons. The van der Waals surface area contributed by atoms with Crippen LogP contribution >= 0.6 is 0 Å². The van der Waals surface area contributed by atoms with Crippen molar-refractivity contribution in [2.24, 2.45) is 0 Å². The summed E-state index contributed by atoms with van der Waals surface area (Å²) >= 11 is 0. The molecule has 3 rings (SSSR count). The average molecular weight is 328 g/mol. The minimum atomic E-state index is -4.53. The Hall–Kier alpha value is -2.39. The zero-order valence-corrected chi connectivity index (χ0v) is 12.4. The number of rotatable bonds is 3. The predicted octanol–water partition coefficient (Wildman–Crippen LogP) is 1.23. The highest BCUT2D eigenvalue weighted by atomic mass is 19.4. The Bertz CT molecular complexity index is 720. The highest BCUT2D eigenvalue weighted by Gasteiger charge is 2.39. The zero-order valence-electron chi connectivity index (χ0n) is 12.4. The van der Waals surface area contributed by atoms with E-state index in [4.69, 9.17) is 0 Å². The van der Waals surface area contributed by atoms with E-state index in [1.54, 1.807) is 10.9 Å². The minimum absolute atomic E-state index is 0.0417. The van der Waals surface area contributed by atoms with Crippen LogP contribution in [-0.4, -0.2) is 41.9 Å². The van der Waals surface area contributed by atoms with Crippen molar-refractivity contribution in [3.05, 3.63) is 29.6 Å². The fourth-order valence-corrected chi connectivity index (χ4v) is 2.54. The standard InChI is InChI=1S/C13H15F3N6O/c1-9-6-17-21(7-9)3-2-11(23)20-4-5-22-10(8-20)18-19-12(22)13(14,15)16/h6-7H,2-5,8H2,1H3. The van der Waals surface area contributed by atoms with Crippen LogP contribution in [0.4, 0.5) is 13.2 Å². The van der Waals surface area contributed by atoms with E-state index in [1.165, 1.54) is 4.90 Å². The van der Waals surface area contributed by atoms with Crippen molar-refractivity contribution in [1.29, 1.82) is 0 Å². The van der Waals surface area contributed by atoms with Crippen molar-refractivity contribution in [1.82, 2.24) is 29.4 Å².